The Labute approximate surface area is 185 Å². The van der Waals surface area contributed by atoms with Gasteiger partial charge in [-0.3, -0.25) is 4.79 Å². The summed E-state index contributed by atoms with van der Waals surface area (Å²) in [6, 6.07) is 30.3. The molecule has 0 radical (unpaired) electrons. The number of aromatic nitrogens is 1. The molecule has 1 heterocycles. The van der Waals surface area contributed by atoms with Crippen LogP contribution in [0.1, 0.15) is 0 Å². The van der Waals surface area contributed by atoms with Crippen molar-refractivity contribution in [3.63, 3.8) is 0 Å². The van der Waals surface area contributed by atoms with Gasteiger partial charge in [-0.05, 0) is 22.9 Å². The lowest BCUT2D eigenvalue weighted by Crippen LogP contribution is -2.27. The van der Waals surface area contributed by atoms with Gasteiger partial charge in [0.2, 0.25) is 0 Å². The molecular weight excluding hydrogens is 402 g/mol. The zero-order valence-electron chi connectivity index (χ0n) is 17.3. The van der Waals surface area contributed by atoms with Crippen molar-refractivity contribution in [2.75, 3.05) is 13.4 Å². The zero-order chi connectivity index (χ0) is 21.4. The lowest BCUT2D eigenvalue weighted by molar-refractivity contribution is 0.163. The maximum atomic E-state index is 13.8. The summed E-state index contributed by atoms with van der Waals surface area (Å²) >= 11 is 1.68. The van der Waals surface area contributed by atoms with Crippen molar-refractivity contribution < 1.29 is 4.84 Å². The predicted molar refractivity (Wildman–Crippen MR) is 130 cm³/mol. The van der Waals surface area contributed by atoms with Crippen LogP contribution in [0.25, 0.3) is 44.3 Å². The van der Waals surface area contributed by atoms with Crippen LogP contribution in [0, 0.1) is 0 Å². The van der Waals surface area contributed by atoms with E-state index in [0.29, 0.717) is 5.39 Å². The second-order valence-electron chi connectivity index (χ2n) is 7.26. The molecule has 0 unspecified atom stereocenters. The fourth-order valence-electron chi connectivity index (χ4n) is 4.36. The molecule has 4 heteroatoms. The third-order valence-electron chi connectivity index (χ3n) is 5.61. The molecule has 3 nitrogen and oxygen atoms in total. The van der Waals surface area contributed by atoms with Crippen LogP contribution in [-0.4, -0.2) is 18.1 Å². The van der Waals surface area contributed by atoms with Crippen LogP contribution in [0.3, 0.4) is 0 Å². The Morgan fingerprint density at radius 3 is 1.84 bits per heavy atom. The van der Waals surface area contributed by atoms with Crippen LogP contribution in [0.5, 0.6) is 0 Å². The van der Waals surface area contributed by atoms with E-state index < -0.39 is 0 Å². The van der Waals surface area contributed by atoms with E-state index in [2.05, 4.69) is 24.5 Å². The first-order chi connectivity index (χ1) is 15.3. The van der Waals surface area contributed by atoms with Crippen molar-refractivity contribution >= 4 is 22.5 Å². The summed E-state index contributed by atoms with van der Waals surface area (Å²) in [5.41, 5.74) is 5.63. The molecule has 0 amide bonds. The number of hydrogen-bond acceptors (Lipinski definition) is 3. The van der Waals surface area contributed by atoms with Gasteiger partial charge < -0.3 is 4.84 Å². The molecule has 3 aromatic rings. The number of thioether (sulfide) groups is 1. The minimum absolute atomic E-state index is 0.146. The van der Waals surface area contributed by atoms with E-state index in [1.165, 1.54) is 4.73 Å². The maximum Gasteiger partial charge on any atom is 0.292 e. The molecule has 1 aromatic heterocycles. The van der Waals surface area contributed by atoms with Crippen molar-refractivity contribution in [3.8, 4) is 33.5 Å². The molecule has 0 N–H and O–H groups in total. The van der Waals surface area contributed by atoms with E-state index in [1.807, 2.05) is 72.8 Å². The Balaban J connectivity index is 2.11. The summed E-state index contributed by atoms with van der Waals surface area (Å²) in [7, 11) is 1.55. The minimum atomic E-state index is -0.146. The number of benzene rings is 2. The zero-order valence-corrected chi connectivity index (χ0v) is 18.1. The van der Waals surface area contributed by atoms with E-state index >= 15 is 0 Å². The van der Waals surface area contributed by atoms with Crippen molar-refractivity contribution in [2.24, 2.45) is 0 Å². The summed E-state index contributed by atoms with van der Waals surface area (Å²) < 4.78 is 1.44. The lowest BCUT2D eigenvalue weighted by atomic mass is 9.95. The third kappa shape index (κ3) is 3.03. The van der Waals surface area contributed by atoms with E-state index in [-0.39, 0.29) is 5.56 Å². The molecule has 0 bridgehead atoms. The number of nitrogens with zero attached hydrogens (tertiary/aromatic N) is 1. The van der Waals surface area contributed by atoms with Gasteiger partial charge in [0.25, 0.3) is 5.56 Å². The molecule has 5 rings (SSSR count). The van der Waals surface area contributed by atoms with Gasteiger partial charge in [0.15, 0.2) is 0 Å². The van der Waals surface area contributed by atoms with Crippen molar-refractivity contribution in [2.45, 2.75) is 4.90 Å². The maximum absolute atomic E-state index is 13.8. The highest BCUT2D eigenvalue weighted by Gasteiger charge is 2.28. The van der Waals surface area contributed by atoms with Crippen LogP contribution < -0.4 is 10.4 Å². The SMILES string of the molecule is COn1c(-c2ccccc2)c(-c2ccccc2)c2c(SC)c3cccccc-3c2c1=O. The molecule has 0 saturated heterocycles. The molecule has 152 valence electrons. The average molecular weight is 424 g/mol. The monoisotopic (exact) mass is 423 g/mol. The number of pyridine rings is 1. The molecule has 0 fully saturated rings. The van der Waals surface area contributed by atoms with Crippen molar-refractivity contribution in [1.82, 2.24) is 4.73 Å². The third-order valence-corrected chi connectivity index (χ3v) is 6.45. The van der Waals surface area contributed by atoms with E-state index in [4.69, 9.17) is 4.84 Å². The summed E-state index contributed by atoms with van der Waals surface area (Å²) in [6.07, 6.45) is 2.07. The summed E-state index contributed by atoms with van der Waals surface area (Å²) in [4.78, 5) is 20.6. The van der Waals surface area contributed by atoms with E-state index in [9.17, 15) is 4.79 Å². The first-order valence-corrected chi connectivity index (χ1v) is 11.3. The number of hydrogen-bond donors (Lipinski definition) is 0. The first kappa shape index (κ1) is 19.5. The van der Waals surface area contributed by atoms with Crippen LogP contribution in [0.2, 0.25) is 0 Å². The number of fused-ring (bicyclic) bond motifs is 3. The normalized spacial score (nSPS) is 11.2. The first-order valence-electron chi connectivity index (χ1n) is 10.1. The Morgan fingerprint density at radius 1 is 0.710 bits per heavy atom. The van der Waals surface area contributed by atoms with Gasteiger partial charge in [0.05, 0.1) is 11.1 Å². The molecule has 0 aliphatic heterocycles. The quantitative estimate of drug-likeness (QED) is 0.322. The van der Waals surface area contributed by atoms with Crippen LogP contribution >= 0.6 is 11.8 Å². The molecule has 2 aromatic carbocycles. The van der Waals surface area contributed by atoms with Gasteiger partial charge in [-0.2, -0.15) is 0 Å². The minimum Gasteiger partial charge on any atom is -0.413 e. The Kier molecular flexibility index (Phi) is 5.00. The molecule has 31 heavy (non-hydrogen) atoms. The lowest BCUT2D eigenvalue weighted by Gasteiger charge is -2.18. The smallest absolute Gasteiger partial charge is 0.292 e. The van der Waals surface area contributed by atoms with Crippen LogP contribution in [0.15, 0.2) is 101 Å². The highest BCUT2D eigenvalue weighted by atomic mass is 32.2. The predicted octanol–water partition coefficient (Wildman–Crippen LogP) is 6.22. The fourth-order valence-corrected chi connectivity index (χ4v) is 5.17. The molecule has 2 aliphatic rings. The second-order valence-corrected chi connectivity index (χ2v) is 8.08. The molecule has 0 atom stereocenters. The van der Waals surface area contributed by atoms with Gasteiger partial charge in [-0.15, -0.1) is 16.5 Å². The summed E-state index contributed by atoms with van der Waals surface area (Å²) in [5.74, 6) is 0. The Morgan fingerprint density at radius 2 is 1.26 bits per heavy atom. The Bertz CT molecular complexity index is 1410. The summed E-state index contributed by atoms with van der Waals surface area (Å²) in [5, 5.41) is 1.67. The molecule has 0 saturated carbocycles. The van der Waals surface area contributed by atoms with Crippen LogP contribution in [-0.2, 0) is 0 Å². The molecule has 0 spiro atoms. The summed E-state index contributed by atoms with van der Waals surface area (Å²) in [6.45, 7) is 0. The van der Waals surface area contributed by atoms with Gasteiger partial charge in [0, 0.05) is 21.4 Å². The number of rotatable bonds is 4. The highest BCUT2D eigenvalue weighted by molar-refractivity contribution is 7.99. The molecule has 2 aliphatic carbocycles. The van der Waals surface area contributed by atoms with E-state index in [0.717, 1.165) is 43.8 Å². The van der Waals surface area contributed by atoms with Crippen molar-refractivity contribution in [3.05, 3.63) is 101 Å². The fraction of sp³-hybridized carbons (Fsp3) is 0.0741. The van der Waals surface area contributed by atoms with Crippen LogP contribution in [0.4, 0.5) is 0 Å². The molecular formula is C27H21NO2S. The topological polar surface area (TPSA) is 31.2 Å². The van der Waals surface area contributed by atoms with Gasteiger partial charge >= 0.3 is 0 Å². The van der Waals surface area contributed by atoms with Gasteiger partial charge in [-0.25, -0.2) is 0 Å². The Hall–Kier alpha value is -3.50. The van der Waals surface area contributed by atoms with Gasteiger partial charge in [-0.1, -0.05) is 91.0 Å². The standard InChI is InChI=1S/C27H21NO2S/c1-30-28-25(19-14-8-4-9-15-19)22(18-12-6-3-7-13-18)24-23(27(28)29)20-16-10-5-11-17-21(20)26(24)31-2/h3-17H,1-2H3. The average Bonchev–Trinajstić information content (AvgIpc) is 2.95. The van der Waals surface area contributed by atoms with E-state index in [1.54, 1.807) is 18.9 Å². The van der Waals surface area contributed by atoms with Crippen molar-refractivity contribution in [1.29, 1.82) is 0 Å². The van der Waals surface area contributed by atoms with Gasteiger partial charge in [0.1, 0.15) is 7.11 Å². The highest BCUT2D eigenvalue weighted by Crippen LogP contribution is 2.48. The second kappa shape index (κ2) is 7.97. The largest absolute Gasteiger partial charge is 0.413 e.